The number of ether oxygens (including phenoxy) is 1. The summed E-state index contributed by atoms with van der Waals surface area (Å²) in [5.41, 5.74) is -0.528. The van der Waals surface area contributed by atoms with Gasteiger partial charge in [-0.2, -0.15) is 0 Å². The van der Waals surface area contributed by atoms with Crippen LogP contribution in [0.15, 0.2) is 12.1 Å². The van der Waals surface area contributed by atoms with Gasteiger partial charge >= 0.3 is 6.09 Å². The molecule has 1 amide bonds. The molecule has 25 heavy (non-hydrogen) atoms. The second kappa shape index (κ2) is 7.47. The molecule has 0 aromatic carbocycles. The number of halogens is 1. The first-order chi connectivity index (χ1) is 11.6. The van der Waals surface area contributed by atoms with Crippen LogP contribution in [0.3, 0.4) is 0 Å². The monoisotopic (exact) mass is 351 g/mol. The Morgan fingerprint density at radius 1 is 1.40 bits per heavy atom. The molecule has 7 heteroatoms. The third-order valence-electron chi connectivity index (χ3n) is 3.95. The summed E-state index contributed by atoms with van der Waals surface area (Å²) in [5, 5.41) is 2.64. The highest BCUT2D eigenvalue weighted by Crippen LogP contribution is 2.25. The number of nitrogens with zero attached hydrogens (tertiary/aromatic N) is 2. The zero-order chi connectivity index (χ0) is 18.7. The Kier molecular flexibility index (Phi) is 5.77. The van der Waals surface area contributed by atoms with Gasteiger partial charge in [0.1, 0.15) is 11.4 Å². The molecule has 138 valence electrons. The van der Waals surface area contributed by atoms with Crippen LogP contribution in [0.5, 0.6) is 0 Å². The summed E-state index contributed by atoms with van der Waals surface area (Å²) in [6.07, 6.45) is 0.291. The summed E-state index contributed by atoms with van der Waals surface area (Å²) >= 11 is 0. The maximum absolute atomic E-state index is 14.0. The number of pyridine rings is 1. The summed E-state index contributed by atoms with van der Waals surface area (Å²) in [4.78, 5) is 29.1. The molecule has 1 aliphatic heterocycles. The van der Waals surface area contributed by atoms with Gasteiger partial charge in [-0.1, -0.05) is 0 Å². The number of rotatable bonds is 4. The molecule has 0 spiro atoms. The molecule has 1 aromatic rings. The minimum Gasteiger partial charge on any atom is -0.444 e. The number of aryl methyl sites for hydroxylation is 1. The van der Waals surface area contributed by atoms with E-state index in [1.807, 2.05) is 13.0 Å². The maximum Gasteiger partial charge on any atom is 0.413 e. The number of hydrogen-bond acceptors (Lipinski definition) is 5. The lowest BCUT2D eigenvalue weighted by Gasteiger charge is -2.33. The molecule has 1 aromatic heterocycles. The molecule has 6 nitrogen and oxygen atoms in total. The average Bonchev–Trinajstić information content (AvgIpc) is 2.47. The van der Waals surface area contributed by atoms with Crippen molar-refractivity contribution in [1.82, 2.24) is 9.88 Å². The van der Waals surface area contributed by atoms with Crippen molar-refractivity contribution in [2.45, 2.75) is 58.4 Å². The van der Waals surface area contributed by atoms with Crippen LogP contribution in [0, 0.1) is 6.92 Å². The van der Waals surface area contributed by atoms with Crippen LogP contribution in [-0.2, 0) is 16.1 Å². The third-order valence-corrected chi connectivity index (χ3v) is 3.95. The van der Waals surface area contributed by atoms with E-state index in [1.165, 1.54) is 0 Å². The molecule has 0 radical (unpaired) electrons. The van der Waals surface area contributed by atoms with Crippen molar-refractivity contribution in [2.75, 3.05) is 18.4 Å². The Bertz CT molecular complexity index is 635. The van der Waals surface area contributed by atoms with Crippen LogP contribution in [0.4, 0.5) is 15.0 Å². The van der Waals surface area contributed by atoms with Crippen molar-refractivity contribution in [3.8, 4) is 0 Å². The summed E-state index contributed by atoms with van der Waals surface area (Å²) in [5.74, 6) is 0.425. The number of hydrogen-bond donors (Lipinski definition) is 1. The number of aldehydes is 1. The summed E-state index contributed by atoms with van der Waals surface area (Å²) in [6, 6.07) is 3.71. The largest absolute Gasteiger partial charge is 0.444 e. The molecule has 2 rings (SSSR count). The Hall–Kier alpha value is -2.02. The number of nitrogens with one attached hydrogen (secondary N) is 1. The molecule has 0 atom stereocenters. The van der Waals surface area contributed by atoms with Gasteiger partial charge in [0.05, 0.1) is 0 Å². The second-order valence-electron chi connectivity index (χ2n) is 7.56. The van der Waals surface area contributed by atoms with E-state index in [-0.39, 0.29) is 12.8 Å². The van der Waals surface area contributed by atoms with Crippen LogP contribution < -0.4 is 5.32 Å². The van der Waals surface area contributed by atoms with E-state index in [0.29, 0.717) is 31.7 Å². The zero-order valence-electron chi connectivity index (χ0n) is 15.3. The average molecular weight is 351 g/mol. The topological polar surface area (TPSA) is 71.5 Å². The van der Waals surface area contributed by atoms with Crippen molar-refractivity contribution in [2.24, 2.45) is 0 Å². The fourth-order valence-electron chi connectivity index (χ4n) is 2.76. The number of aromatic nitrogens is 1. The van der Waals surface area contributed by atoms with Gasteiger partial charge in [-0.3, -0.25) is 15.0 Å². The molecule has 1 saturated heterocycles. The van der Waals surface area contributed by atoms with E-state index < -0.39 is 17.4 Å². The standard InChI is InChI=1S/C18H26FN3O3/c1-13-9-14(11-22-7-5-18(19,12-23)6-8-22)10-15(20-13)21-16(24)25-17(2,3)4/h9-10,12H,5-8,11H2,1-4H3,(H,20,21,24). The van der Waals surface area contributed by atoms with Crippen molar-refractivity contribution in [3.05, 3.63) is 23.4 Å². The molecule has 1 fully saturated rings. The van der Waals surface area contributed by atoms with E-state index in [0.717, 1.165) is 11.3 Å². The van der Waals surface area contributed by atoms with Gasteiger partial charge in [-0.15, -0.1) is 0 Å². The van der Waals surface area contributed by atoms with Crippen molar-refractivity contribution in [1.29, 1.82) is 0 Å². The van der Waals surface area contributed by atoms with Gasteiger partial charge in [-0.25, -0.2) is 14.2 Å². The molecule has 0 saturated carbocycles. The van der Waals surface area contributed by atoms with Crippen LogP contribution in [0.25, 0.3) is 0 Å². The van der Waals surface area contributed by atoms with Crippen LogP contribution >= 0.6 is 0 Å². The highest BCUT2D eigenvalue weighted by molar-refractivity contribution is 5.83. The van der Waals surface area contributed by atoms with Crippen molar-refractivity contribution in [3.63, 3.8) is 0 Å². The van der Waals surface area contributed by atoms with E-state index in [2.05, 4.69) is 15.2 Å². The fraction of sp³-hybridized carbons (Fsp3) is 0.611. The number of anilines is 1. The first-order valence-corrected chi connectivity index (χ1v) is 8.44. The van der Waals surface area contributed by atoms with Gasteiger partial charge in [0.25, 0.3) is 0 Å². The molecule has 2 heterocycles. The quantitative estimate of drug-likeness (QED) is 0.843. The van der Waals surface area contributed by atoms with Crippen LogP contribution in [-0.4, -0.2) is 46.6 Å². The molecular formula is C18H26FN3O3. The van der Waals surface area contributed by atoms with Gasteiger partial charge in [-0.05, 0) is 45.4 Å². The highest BCUT2D eigenvalue weighted by Gasteiger charge is 2.34. The fourth-order valence-corrected chi connectivity index (χ4v) is 2.76. The number of piperidine rings is 1. The Morgan fingerprint density at radius 2 is 2.04 bits per heavy atom. The second-order valence-corrected chi connectivity index (χ2v) is 7.56. The van der Waals surface area contributed by atoms with E-state index >= 15 is 0 Å². The SMILES string of the molecule is Cc1cc(CN2CCC(F)(C=O)CC2)cc(NC(=O)OC(C)(C)C)n1. The van der Waals surface area contributed by atoms with Crippen molar-refractivity contribution < 1.29 is 18.7 Å². The minimum atomic E-state index is -1.69. The number of carbonyl (C=O) groups excluding carboxylic acids is 2. The Labute approximate surface area is 147 Å². The van der Waals surface area contributed by atoms with Crippen LogP contribution in [0.1, 0.15) is 44.9 Å². The number of amides is 1. The molecule has 0 bridgehead atoms. The maximum atomic E-state index is 14.0. The van der Waals surface area contributed by atoms with Gasteiger partial charge < -0.3 is 4.74 Å². The molecule has 1 N–H and O–H groups in total. The summed E-state index contributed by atoms with van der Waals surface area (Å²) < 4.78 is 19.2. The Balaban J connectivity index is 1.99. The van der Waals surface area contributed by atoms with Gasteiger partial charge in [0.15, 0.2) is 12.0 Å². The van der Waals surface area contributed by atoms with Crippen LogP contribution in [0.2, 0.25) is 0 Å². The number of alkyl halides is 1. The Morgan fingerprint density at radius 3 is 2.60 bits per heavy atom. The molecule has 0 aliphatic carbocycles. The van der Waals surface area contributed by atoms with Crippen molar-refractivity contribution >= 4 is 18.2 Å². The first kappa shape index (κ1) is 19.3. The zero-order valence-corrected chi connectivity index (χ0v) is 15.3. The number of carbonyl (C=O) groups is 2. The normalized spacial score (nSPS) is 17.8. The lowest BCUT2D eigenvalue weighted by molar-refractivity contribution is -0.120. The minimum absolute atomic E-state index is 0.212. The lowest BCUT2D eigenvalue weighted by atomic mass is 9.95. The van der Waals surface area contributed by atoms with Gasteiger partial charge in [0.2, 0.25) is 0 Å². The summed E-state index contributed by atoms with van der Waals surface area (Å²) in [6.45, 7) is 8.88. The predicted molar refractivity (Wildman–Crippen MR) is 93.2 cm³/mol. The molecular weight excluding hydrogens is 325 g/mol. The third kappa shape index (κ3) is 6.08. The summed E-state index contributed by atoms with van der Waals surface area (Å²) in [7, 11) is 0. The van der Waals surface area contributed by atoms with E-state index in [9.17, 15) is 14.0 Å². The van der Waals surface area contributed by atoms with E-state index in [4.69, 9.17) is 4.74 Å². The first-order valence-electron chi connectivity index (χ1n) is 8.44. The molecule has 0 unspecified atom stereocenters. The highest BCUT2D eigenvalue weighted by atomic mass is 19.1. The van der Waals surface area contributed by atoms with Gasteiger partial charge in [0, 0.05) is 38.2 Å². The van der Waals surface area contributed by atoms with E-state index in [1.54, 1.807) is 26.8 Å². The number of likely N-dealkylation sites (tertiary alicyclic amines) is 1. The molecule has 1 aliphatic rings. The predicted octanol–water partition coefficient (Wildman–Crippen LogP) is 3.24. The lowest BCUT2D eigenvalue weighted by Crippen LogP contribution is -2.42. The smallest absolute Gasteiger partial charge is 0.413 e.